The maximum atomic E-state index is 13.6. The Balaban J connectivity index is 1.25. The molecule has 0 radical (unpaired) electrons. The maximum absolute atomic E-state index is 13.6. The van der Waals surface area contributed by atoms with Crippen LogP contribution in [0.25, 0.3) is 6.08 Å². The van der Waals surface area contributed by atoms with Crippen LogP contribution in [0.3, 0.4) is 0 Å². The second-order valence-corrected chi connectivity index (χ2v) is 11.9. The lowest BCUT2D eigenvalue weighted by atomic mass is 9.52. The molecule has 0 saturated heterocycles. The molecule has 0 spiro atoms. The zero-order valence-electron chi connectivity index (χ0n) is 21.5. The first-order valence-electron chi connectivity index (χ1n) is 13.2. The third-order valence-electron chi connectivity index (χ3n) is 8.56. The summed E-state index contributed by atoms with van der Waals surface area (Å²) < 4.78 is 5.35. The Morgan fingerprint density at radius 3 is 2.44 bits per heavy atom. The van der Waals surface area contributed by atoms with Gasteiger partial charge in [-0.25, -0.2) is 4.79 Å². The number of ether oxygens (including phenoxy) is 1. The topological polar surface area (TPSA) is 75.6 Å². The number of carbonyl (C=O) groups excluding carboxylic acids is 2. The Hall–Kier alpha value is -2.92. The fraction of sp³-hybridized carbons (Fsp3) is 0.484. The number of hydrogen-bond acceptors (Lipinski definition) is 4. The van der Waals surface area contributed by atoms with Crippen molar-refractivity contribution in [1.82, 2.24) is 5.32 Å². The molecule has 4 aliphatic carbocycles. The van der Waals surface area contributed by atoms with Crippen molar-refractivity contribution in [2.45, 2.75) is 76.5 Å². The molecule has 3 unspecified atom stereocenters. The van der Waals surface area contributed by atoms with Crippen LogP contribution in [0, 0.1) is 24.7 Å². The van der Waals surface area contributed by atoms with E-state index in [1.54, 1.807) is 6.08 Å². The molecule has 6 rings (SSSR count). The van der Waals surface area contributed by atoms with Crippen LogP contribution >= 0.6 is 0 Å². The van der Waals surface area contributed by atoms with Gasteiger partial charge in [-0.05, 0) is 93.4 Å². The maximum Gasteiger partial charge on any atom is 0.331 e. The molecule has 0 aliphatic heterocycles. The number of rotatable bonds is 7. The molecule has 4 fully saturated rings. The van der Waals surface area contributed by atoms with Crippen LogP contribution in [0.2, 0.25) is 0 Å². The van der Waals surface area contributed by atoms with Crippen LogP contribution in [0.1, 0.15) is 68.2 Å². The highest BCUT2D eigenvalue weighted by atomic mass is 16.5. The van der Waals surface area contributed by atoms with E-state index in [4.69, 9.17) is 4.74 Å². The van der Waals surface area contributed by atoms with E-state index in [0.29, 0.717) is 17.8 Å². The van der Waals surface area contributed by atoms with Gasteiger partial charge in [0, 0.05) is 12.1 Å². The van der Waals surface area contributed by atoms with Gasteiger partial charge in [-0.3, -0.25) is 4.79 Å². The average molecular weight is 488 g/mol. The molecule has 4 bridgehead atoms. The van der Waals surface area contributed by atoms with E-state index in [1.807, 2.05) is 69.3 Å². The molecule has 2 aromatic carbocycles. The third kappa shape index (κ3) is 5.12. The van der Waals surface area contributed by atoms with Crippen molar-refractivity contribution >= 4 is 18.0 Å². The van der Waals surface area contributed by atoms with Crippen molar-refractivity contribution in [3.63, 3.8) is 0 Å². The van der Waals surface area contributed by atoms with Crippen LogP contribution in [-0.4, -0.2) is 28.6 Å². The number of hydrogen-bond donors (Lipinski definition) is 2. The Bertz CT molecular complexity index is 1150. The third-order valence-corrected chi connectivity index (χ3v) is 8.56. The second kappa shape index (κ2) is 9.51. The summed E-state index contributed by atoms with van der Waals surface area (Å²) in [5, 5.41) is 14.3. The van der Waals surface area contributed by atoms with Crippen molar-refractivity contribution in [3.05, 3.63) is 76.9 Å². The average Bonchev–Trinajstić information content (AvgIpc) is 2.83. The minimum Gasteiger partial charge on any atom is -0.458 e. The lowest BCUT2D eigenvalue weighted by Gasteiger charge is -2.58. The molecule has 5 nitrogen and oxygen atoms in total. The molecule has 5 atom stereocenters. The minimum absolute atomic E-state index is 0.0229. The monoisotopic (exact) mass is 487 g/mol. The van der Waals surface area contributed by atoms with Crippen LogP contribution in [0.5, 0.6) is 0 Å². The Kier molecular flexibility index (Phi) is 6.54. The zero-order valence-corrected chi connectivity index (χ0v) is 21.5. The lowest BCUT2D eigenvalue weighted by molar-refractivity contribution is -0.148. The smallest absolute Gasteiger partial charge is 0.331 e. The molecular formula is C31H37NO4. The summed E-state index contributed by atoms with van der Waals surface area (Å²) in [7, 11) is 0. The highest BCUT2D eigenvalue weighted by molar-refractivity contribution is 5.89. The van der Waals surface area contributed by atoms with Gasteiger partial charge < -0.3 is 15.2 Å². The molecule has 2 aromatic rings. The molecule has 36 heavy (non-hydrogen) atoms. The van der Waals surface area contributed by atoms with Gasteiger partial charge in [0.1, 0.15) is 6.61 Å². The van der Waals surface area contributed by atoms with E-state index in [0.717, 1.165) is 54.4 Å². The summed E-state index contributed by atoms with van der Waals surface area (Å²) in [4.78, 5) is 25.8. The van der Waals surface area contributed by atoms with Gasteiger partial charge >= 0.3 is 5.97 Å². The van der Waals surface area contributed by atoms with Gasteiger partial charge in [-0.15, -0.1) is 0 Å². The van der Waals surface area contributed by atoms with E-state index in [1.165, 1.54) is 6.08 Å². The fourth-order valence-corrected chi connectivity index (χ4v) is 6.89. The largest absolute Gasteiger partial charge is 0.458 e. The molecule has 5 heteroatoms. The van der Waals surface area contributed by atoms with Crippen LogP contribution in [-0.2, 0) is 26.3 Å². The summed E-state index contributed by atoms with van der Waals surface area (Å²) in [6.45, 7) is 6.16. The van der Waals surface area contributed by atoms with Crippen molar-refractivity contribution in [2.75, 3.05) is 0 Å². The van der Waals surface area contributed by atoms with E-state index in [2.05, 4.69) is 5.32 Å². The number of nitrogens with one attached hydrogen (secondary N) is 1. The number of carbonyl (C=O) groups is 2. The minimum atomic E-state index is -0.728. The van der Waals surface area contributed by atoms with Gasteiger partial charge in [-0.2, -0.15) is 0 Å². The van der Waals surface area contributed by atoms with Gasteiger partial charge in [0.2, 0.25) is 5.91 Å². The summed E-state index contributed by atoms with van der Waals surface area (Å²) in [5.74, 6) is 0.981. The number of esters is 1. The summed E-state index contributed by atoms with van der Waals surface area (Å²) in [6, 6.07) is 15.8. The molecule has 1 amide bonds. The Labute approximate surface area is 213 Å². The van der Waals surface area contributed by atoms with Crippen molar-refractivity contribution in [2.24, 2.45) is 17.8 Å². The van der Waals surface area contributed by atoms with Crippen molar-refractivity contribution in [3.8, 4) is 0 Å². The molecule has 0 aromatic heterocycles. The van der Waals surface area contributed by atoms with E-state index >= 15 is 0 Å². The number of amides is 1. The van der Waals surface area contributed by atoms with Gasteiger partial charge in [0.15, 0.2) is 0 Å². The van der Waals surface area contributed by atoms with Crippen LogP contribution < -0.4 is 5.32 Å². The van der Waals surface area contributed by atoms with Crippen LogP contribution in [0.4, 0.5) is 0 Å². The standard InChI is InChI=1S/C31H37NO4/c1-20-11-22(9-10-27(33)36-19-21-7-5-4-6-8-21)15-26(12-20)30(2,3)29(34)32-28-24-13-23-14-25(28)18-31(35,16-23)17-24/h4-12,15,23-25,28,35H,13-14,16-19H2,1-3H3,(H,32,34)/t23?,24-,25+,28?,31?. The van der Waals surface area contributed by atoms with E-state index in [-0.39, 0.29) is 18.6 Å². The SMILES string of the molecule is Cc1cc(C=CC(=O)OCc2ccccc2)cc(C(C)(C)C(=O)NC2[C@@H]3CC4C[C@H]2CC(O)(C4)C3)c1. The first kappa shape index (κ1) is 24.8. The molecule has 4 aliphatic rings. The lowest BCUT2D eigenvalue weighted by Crippen LogP contribution is -2.62. The van der Waals surface area contributed by atoms with Crippen LogP contribution in [0.15, 0.2) is 54.6 Å². The molecular weight excluding hydrogens is 450 g/mol. The summed E-state index contributed by atoms with van der Waals surface area (Å²) in [6.07, 6.45) is 7.97. The first-order chi connectivity index (χ1) is 17.1. The quantitative estimate of drug-likeness (QED) is 0.422. The Morgan fingerprint density at radius 2 is 1.78 bits per heavy atom. The number of aliphatic hydroxyl groups is 1. The highest BCUT2D eigenvalue weighted by Crippen LogP contribution is 2.55. The predicted molar refractivity (Wildman–Crippen MR) is 140 cm³/mol. The van der Waals surface area contributed by atoms with Crippen molar-refractivity contribution < 1.29 is 19.4 Å². The molecule has 0 heterocycles. The predicted octanol–water partition coefficient (Wildman–Crippen LogP) is 5.09. The number of aryl methyl sites for hydroxylation is 1. The summed E-state index contributed by atoms with van der Waals surface area (Å²) in [5.41, 5.74) is 2.51. The number of benzene rings is 2. The van der Waals surface area contributed by atoms with Crippen molar-refractivity contribution in [1.29, 1.82) is 0 Å². The molecule has 4 saturated carbocycles. The van der Waals surface area contributed by atoms with E-state index < -0.39 is 17.0 Å². The van der Waals surface area contributed by atoms with E-state index in [9.17, 15) is 14.7 Å². The zero-order chi connectivity index (χ0) is 25.5. The first-order valence-corrected chi connectivity index (χ1v) is 13.2. The fourth-order valence-electron chi connectivity index (χ4n) is 6.89. The van der Waals surface area contributed by atoms with Gasteiger partial charge in [0.05, 0.1) is 11.0 Å². The summed E-state index contributed by atoms with van der Waals surface area (Å²) >= 11 is 0. The Morgan fingerprint density at radius 1 is 1.08 bits per heavy atom. The molecule has 2 N–H and O–H groups in total. The van der Waals surface area contributed by atoms with Gasteiger partial charge in [-0.1, -0.05) is 54.1 Å². The second-order valence-electron chi connectivity index (χ2n) is 11.9. The highest BCUT2D eigenvalue weighted by Gasteiger charge is 2.55. The molecule has 190 valence electrons. The van der Waals surface area contributed by atoms with Gasteiger partial charge in [0.25, 0.3) is 0 Å². The normalized spacial score (nSPS) is 28.9.